The molecular weight excluding hydrogens is 1050 g/mol. The van der Waals surface area contributed by atoms with Crippen molar-refractivity contribution in [2.75, 3.05) is 9.80 Å². The van der Waals surface area contributed by atoms with Crippen LogP contribution in [0.5, 0.6) is 0 Å². The number of hydrogen-bond acceptors (Lipinski definition) is 5. The second kappa shape index (κ2) is 17.7. The van der Waals surface area contributed by atoms with Gasteiger partial charge in [-0.15, -0.1) is 0 Å². The van der Waals surface area contributed by atoms with Gasteiger partial charge in [0.1, 0.15) is 11.2 Å². The first kappa shape index (κ1) is 47.9. The Morgan fingerprint density at radius 2 is 0.849 bits per heavy atom. The van der Waals surface area contributed by atoms with Crippen LogP contribution in [-0.4, -0.2) is 4.57 Å². The maximum atomic E-state index is 10.2. The summed E-state index contributed by atoms with van der Waals surface area (Å²) in [6.45, 7) is 12.3. The molecule has 1 spiro atoms. The average Bonchev–Trinajstić information content (AvgIpc) is 1.49. The number of fused-ring (bicyclic) bond motifs is 22. The van der Waals surface area contributed by atoms with Crippen molar-refractivity contribution in [1.29, 1.82) is 5.26 Å². The zero-order valence-corrected chi connectivity index (χ0v) is 46.7. The number of aromatic nitrogens is 1. The molecule has 0 amide bonds. The highest BCUT2D eigenvalue weighted by Crippen LogP contribution is 2.66. The summed E-state index contributed by atoms with van der Waals surface area (Å²) in [4.78, 5) is 8.59. The first-order chi connectivity index (χ1) is 42.4. The highest BCUT2D eigenvalue weighted by molar-refractivity contribution is 6.22. The molecule has 1 atom stereocenters. The molecule has 7 heteroatoms. The largest absolute Gasteiger partial charge is 0.454 e. The first-order valence-corrected chi connectivity index (χ1v) is 29.1. The van der Waals surface area contributed by atoms with Gasteiger partial charge in [0.05, 0.1) is 63.1 Å². The molecule has 0 fully saturated rings. The van der Waals surface area contributed by atoms with Crippen LogP contribution in [0, 0.1) is 31.8 Å². The first-order valence-electron chi connectivity index (χ1n) is 29.1. The quantitative estimate of drug-likeness (QED) is 0.155. The zero-order valence-electron chi connectivity index (χ0n) is 46.7. The normalized spacial score (nSPS) is 14.0. The third-order valence-electron chi connectivity index (χ3n) is 18.6. The Morgan fingerprint density at radius 3 is 1.41 bits per heavy atom. The van der Waals surface area contributed by atoms with Gasteiger partial charge in [-0.3, -0.25) is 0 Å². The Hall–Kier alpha value is -11.6. The van der Waals surface area contributed by atoms with Gasteiger partial charge in [-0.05, 0) is 142 Å². The van der Waals surface area contributed by atoms with Gasteiger partial charge < -0.3 is 23.2 Å². The molecule has 0 N–H and O–H groups in total. The van der Waals surface area contributed by atoms with Crippen molar-refractivity contribution in [2.45, 2.75) is 19.3 Å². The van der Waals surface area contributed by atoms with Crippen LogP contribution in [0.25, 0.3) is 109 Å². The molecule has 86 heavy (non-hydrogen) atoms. The lowest BCUT2D eigenvalue weighted by Crippen LogP contribution is -2.34. The van der Waals surface area contributed by atoms with Crippen LogP contribution < -0.4 is 9.80 Å². The molecule has 4 heterocycles. The van der Waals surface area contributed by atoms with Crippen LogP contribution in [-0.2, 0) is 5.41 Å². The van der Waals surface area contributed by atoms with Gasteiger partial charge >= 0.3 is 0 Å². The molecule has 13 aromatic carbocycles. The summed E-state index contributed by atoms with van der Waals surface area (Å²) < 4.78 is 16.7. The molecule has 3 aromatic heterocycles. The minimum Gasteiger partial charge on any atom is -0.454 e. The maximum Gasteiger partial charge on any atom is 0.187 e. The van der Waals surface area contributed by atoms with Gasteiger partial charge in [0.15, 0.2) is 16.9 Å². The lowest BCUT2D eigenvalue weighted by molar-refractivity contribution is 0.665. The number of para-hydroxylation sites is 7. The molecule has 7 nitrogen and oxygen atoms in total. The van der Waals surface area contributed by atoms with Crippen LogP contribution in [0.1, 0.15) is 38.9 Å². The Labute approximate surface area is 494 Å². The highest BCUT2D eigenvalue weighted by atomic mass is 16.3. The second-order valence-electron chi connectivity index (χ2n) is 22.9. The highest BCUT2D eigenvalue weighted by Gasteiger charge is 2.53. The van der Waals surface area contributed by atoms with Crippen molar-refractivity contribution < 1.29 is 8.83 Å². The Morgan fingerprint density at radius 1 is 0.407 bits per heavy atom. The van der Waals surface area contributed by atoms with Crippen LogP contribution in [0.3, 0.4) is 0 Å². The number of nitriles is 1. The number of hydrogen-bond donors (Lipinski definition) is 0. The monoisotopic (exact) mass is 1100 g/mol. The number of benzene rings is 13. The number of furan rings is 2. The van der Waals surface area contributed by atoms with Crippen molar-refractivity contribution in [3.05, 3.63) is 299 Å². The fraction of sp³-hybridized carbons (Fsp3) is 0.0380. The molecule has 18 rings (SSSR count). The van der Waals surface area contributed by atoms with E-state index in [4.69, 9.17) is 15.4 Å². The fourth-order valence-corrected chi connectivity index (χ4v) is 15.1. The van der Waals surface area contributed by atoms with E-state index in [1.165, 1.54) is 27.5 Å². The smallest absolute Gasteiger partial charge is 0.187 e. The molecule has 1 aliphatic heterocycles. The van der Waals surface area contributed by atoms with Crippen LogP contribution >= 0.6 is 0 Å². The summed E-state index contributed by atoms with van der Waals surface area (Å²) >= 11 is 0. The van der Waals surface area contributed by atoms with Crippen molar-refractivity contribution in [3.63, 3.8) is 0 Å². The van der Waals surface area contributed by atoms with Gasteiger partial charge in [-0.25, -0.2) is 4.85 Å². The summed E-state index contributed by atoms with van der Waals surface area (Å²) in [6, 6.07) is 91.6. The Bertz CT molecular complexity index is 5460. The van der Waals surface area contributed by atoms with Gasteiger partial charge in [0.25, 0.3) is 0 Å². The lowest BCUT2D eigenvalue weighted by Gasteiger charge is -2.40. The molecule has 16 aromatic rings. The third-order valence-corrected chi connectivity index (χ3v) is 18.6. The maximum absolute atomic E-state index is 10.2. The van der Waals surface area contributed by atoms with E-state index >= 15 is 0 Å². The van der Waals surface area contributed by atoms with Crippen LogP contribution in [0.15, 0.2) is 258 Å². The molecule has 0 saturated carbocycles. The Balaban J connectivity index is 1.03. The van der Waals surface area contributed by atoms with E-state index in [-0.39, 0.29) is 0 Å². The van der Waals surface area contributed by atoms with Gasteiger partial charge in [-0.1, -0.05) is 176 Å². The van der Waals surface area contributed by atoms with Gasteiger partial charge in [-0.2, -0.15) is 5.26 Å². The minimum absolute atomic E-state index is 0.561. The van der Waals surface area contributed by atoms with Crippen molar-refractivity contribution in [2.24, 2.45) is 0 Å². The van der Waals surface area contributed by atoms with Crippen LogP contribution in [0.2, 0.25) is 0 Å². The van der Waals surface area contributed by atoms with E-state index in [0.717, 1.165) is 144 Å². The van der Waals surface area contributed by atoms with E-state index in [1.807, 2.05) is 24.3 Å². The van der Waals surface area contributed by atoms with E-state index < -0.39 is 5.41 Å². The predicted octanol–water partition coefficient (Wildman–Crippen LogP) is 21.5. The average molecular weight is 1100 g/mol. The fourth-order valence-electron chi connectivity index (χ4n) is 15.1. The lowest BCUT2D eigenvalue weighted by atomic mass is 9.65. The zero-order chi connectivity index (χ0) is 57.1. The van der Waals surface area contributed by atoms with Crippen molar-refractivity contribution in [3.8, 4) is 22.9 Å². The van der Waals surface area contributed by atoms with E-state index in [0.29, 0.717) is 11.3 Å². The summed E-state index contributed by atoms with van der Waals surface area (Å²) in [5, 5.41) is 21.1. The predicted molar refractivity (Wildman–Crippen MR) is 351 cm³/mol. The number of nitrogens with zero attached hydrogens (tertiary/aromatic N) is 5. The topological polar surface area (TPSA) is 65.8 Å². The SMILES string of the molecule is [C-]#[N+]c1ccc(N(c2cc3c(c4ccccc24)-c2c(cc(N(c4ccc(C#N)cc4)c4cccc5c4oc4c(C)cccc45)c4ccccc24)C32c3ccccc3-n3c4ccccc4c4cccc2c43)c2cccc3c2oc2c(C)cccc23)cc1. The minimum atomic E-state index is -0.955. The summed E-state index contributed by atoms with van der Waals surface area (Å²) in [7, 11) is 0. The summed E-state index contributed by atoms with van der Waals surface area (Å²) in [6.07, 6.45) is 0. The summed E-state index contributed by atoms with van der Waals surface area (Å²) in [5.74, 6) is 0. The third kappa shape index (κ3) is 6.27. The van der Waals surface area contributed by atoms with Gasteiger partial charge in [0.2, 0.25) is 0 Å². The van der Waals surface area contributed by atoms with Gasteiger partial charge in [0, 0.05) is 54.5 Å². The van der Waals surface area contributed by atoms with E-state index in [2.05, 4.69) is 264 Å². The second-order valence-corrected chi connectivity index (χ2v) is 22.9. The molecule has 2 aliphatic rings. The molecule has 1 unspecified atom stereocenters. The number of aryl methyl sites for hydroxylation is 2. The molecule has 1 aliphatic carbocycles. The van der Waals surface area contributed by atoms with Crippen molar-refractivity contribution >= 4 is 127 Å². The molecule has 0 saturated heterocycles. The molecule has 400 valence electrons. The summed E-state index contributed by atoms with van der Waals surface area (Å²) in [5.41, 5.74) is 21.5. The molecule has 0 radical (unpaired) electrons. The molecular formula is C79H47N5O2. The van der Waals surface area contributed by atoms with E-state index in [9.17, 15) is 5.26 Å². The molecule has 0 bridgehead atoms. The standard InChI is InChI=1S/C79H47N5O2/c1-46-17-12-25-58-60-27-15-33-68(77(60)85-75(46)58)82(50-39-35-48(45-80)36-40-50)70-43-64-72(55-22-6-4-19-52(55)70)73-56-23-7-5-20-53(56)71(83(51-41-37-49(81-3)38-42-51)69-34-16-28-61-59-26-13-18-47(2)76(59)86-78(61)69)44-65(73)79(64)62-29-9-11-32-67(62)84-66-31-10-8-21-54(66)57-24-14-30-63(79)74(57)84/h4-44H,1-2H3. The van der Waals surface area contributed by atoms with E-state index in [1.54, 1.807) is 0 Å². The van der Waals surface area contributed by atoms with Crippen molar-refractivity contribution in [1.82, 2.24) is 4.57 Å². The van der Waals surface area contributed by atoms with Crippen LogP contribution in [0.4, 0.5) is 39.8 Å². The number of rotatable bonds is 6. The Kier molecular flexibility index (Phi) is 9.86. The number of anilines is 6.